The Morgan fingerprint density at radius 1 is 1.21 bits per heavy atom. The molecule has 0 fully saturated rings. The molecule has 0 bridgehead atoms. The van der Waals surface area contributed by atoms with Crippen molar-refractivity contribution in [2.75, 3.05) is 20.8 Å². The van der Waals surface area contributed by atoms with Gasteiger partial charge in [-0.15, -0.1) is 0 Å². The van der Waals surface area contributed by atoms with E-state index < -0.39 is 0 Å². The van der Waals surface area contributed by atoms with Gasteiger partial charge in [-0.25, -0.2) is 9.59 Å². The molecule has 2 aliphatic rings. The van der Waals surface area contributed by atoms with Crippen LogP contribution in [0.4, 0.5) is 4.79 Å². The van der Waals surface area contributed by atoms with E-state index in [0.29, 0.717) is 6.54 Å². The molecule has 19 heavy (non-hydrogen) atoms. The van der Waals surface area contributed by atoms with Gasteiger partial charge < -0.3 is 9.47 Å². The molecule has 1 amide bonds. The predicted octanol–water partition coefficient (Wildman–Crippen LogP) is 2.04. The lowest BCUT2D eigenvalue weighted by Gasteiger charge is -2.29. The van der Waals surface area contributed by atoms with Gasteiger partial charge in [-0.05, 0) is 31.3 Å². The first-order chi connectivity index (χ1) is 9.19. The Kier molecular flexibility index (Phi) is 4.24. The number of carbonyl (C=O) groups is 2. The number of carbonyl (C=O) groups excluding carboxylic acids is 2. The van der Waals surface area contributed by atoms with E-state index in [1.165, 1.54) is 14.2 Å². The second kappa shape index (κ2) is 5.91. The molecule has 0 radical (unpaired) electrons. The van der Waals surface area contributed by atoms with Crippen molar-refractivity contribution in [2.24, 2.45) is 0 Å². The third kappa shape index (κ3) is 2.64. The summed E-state index contributed by atoms with van der Waals surface area (Å²) in [7, 11) is 2.76. The normalized spacial score (nSPS) is 22.6. The number of nitrogens with zero attached hydrogens (tertiary/aromatic N) is 1. The van der Waals surface area contributed by atoms with Crippen molar-refractivity contribution in [3.05, 3.63) is 23.3 Å². The first-order valence-corrected chi connectivity index (χ1v) is 6.50. The van der Waals surface area contributed by atoms with Crippen molar-refractivity contribution in [1.82, 2.24) is 4.90 Å². The maximum Gasteiger partial charge on any atom is 0.410 e. The van der Waals surface area contributed by atoms with E-state index in [9.17, 15) is 9.59 Å². The number of ether oxygens (including phenoxy) is 2. The van der Waals surface area contributed by atoms with Crippen LogP contribution in [-0.4, -0.2) is 43.8 Å². The van der Waals surface area contributed by atoms with E-state index in [4.69, 9.17) is 9.47 Å². The lowest BCUT2D eigenvalue weighted by atomic mass is 9.87. The molecule has 0 aromatic rings. The van der Waals surface area contributed by atoms with Crippen LogP contribution < -0.4 is 0 Å². The van der Waals surface area contributed by atoms with E-state index in [1.54, 1.807) is 4.90 Å². The summed E-state index contributed by atoms with van der Waals surface area (Å²) >= 11 is 0. The summed E-state index contributed by atoms with van der Waals surface area (Å²) in [6.07, 6.45) is 7.10. The molecule has 1 heterocycles. The molecule has 0 aromatic carbocycles. The highest BCUT2D eigenvalue weighted by Gasteiger charge is 2.32. The van der Waals surface area contributed by atoms with Gasteiger partial charge in [-0.2, -0.15) is 0 Å². The Morgan fingerprint density at radius 2 is 1.95 bits per heavy atom. The molecular formula is C14H19NO4. The third-order valence-corrected chi connectivity index (χ3v) is 3.66. The smallest absolute Gasteiger partial charge is 0.410 e. The average molecular weight is 265 g/mol. The Bertz CT molecular complexity index is 439. The van der Waals surface area contributed by atoms with Crippen LogP contribution in [0.3, 0.4) is 0 Å². The van der Waals surface area contributed by atoms with E-state index in [2.05, 4.69) is 0 Å². The standard InChI is InChI=1S/C14H19NO4/c1-18-13(16)11-7-4-3-6-10(11)12-8-5-9-15(12)14(17)19-2/h5,8,12H,3-4,6-7,9H2,1-2H3. The highest BCUT2D eigenvalue weighted by atomic mass is 16.5. The van der Waals surface area contributed by atoms with Crippen LogP contribution in [0.1, 0.15) is 25.7 Å². The van der Waals surface area contributed by atoms with Gasteiger partial charge in [0.2, 0.25) is 0 Å². The molecule has 5 heteroatoms. The molecule has 1 aliphatic carbocycles. The van der Waals surface area contributed by atoms with Crippen molar-refractivity contribution in [2.45, 2.75) is 31.7 Å². The van der Waals surface area contributed by atoms with E-state index in [0.717, 1.165) is 36.8 Å². The first kappa shape index (κ1) is 13.6. The lowest BCUT2D eigenvalue weighted by Crippen LogP contribution is -2.38. The van der Waals surface area contributed by atoms with E-state index in [-0.39, 0.29) is 18.1 Å². The Morgan fingerprint density at radius 3 is 2.63 bits per heavy atom. The number of esters is 1. The molecule has 0 saturated heterocycles. The van der Waals surface area contributed by atoms with Gasteiger partial charge in [0.25, 0.3) is 0 Å². The summed E-state index contributed by atoms with van der Waals surface area (Å²) in [5.74, 6) is -0.278. The minimum Gasteiger partial charge on any atom is -0.466 e. The summed E-state index contributed by atoms with van der Waals surface area (Å²) < 4.78 is 9.63. The van der Waals surface area contributed by atoms with Crippen LogP contribution in [0.2, 0.25) is 0 Å². The highest BCUT2D eigenvalue weighted by molar-refractivity contribution is 5.90. The fourth-order valence-corrected chi connectivity index (χ4v) is 2.74. The van der Waals surface area contributed by atoms with Crippen LogP contribution in [0.25, 0.3) is 0 Å². The van der Waals surface area contributed by atoms with Crippen LogP contribution in [0, 0.1) is 0 Å². The summed E-state index contributed by atoms with van der Waals surface area (Å²) in [6, 6.07) is -0.165. The first-order valence-electron chi connectivity index (χ1n) is 6.50. The molecule has 0 aromatic heterocycles. The number of hydrogen-bond acceptors (Lipinski definition) is 4. The minimum atomic E-state index is -0.364. The minimum absolute atomic E-state index is 0.165. The average Bonchev–Trinajstić information content (AvgIpc) is 2.94. The van der Waals surface area contributed by atoms with Crippen molar-refractivity contribution in [3.8, 4) is 0 Å². The Labute approximate surface area is 112 Å². The molecule has 5 nitrogen and oxygen atoms in total. The summed E-state index contributed by atoms with van der Waals surface area (Å²) in [5.41, 5.74) is 1.72. The topological polar surface area (TPSA) is 55.8 Å². The van der Waals surface area contributed by atoms with Gasteiger partial charge in [0.1, 0.15) is 0 Å². The van der Waals surface area contributed by atoms with Crippen molar-refractivity contribution in [1.29, 1.82) is 0 Å². The molecule has 104 valence electrons. The molecule has 1 unspecified atom stereocenters. The molecule has 1 atom stereocenters. The van der Waals surface area contributed by atoms with Crippen LogP contribution >= 0.6 is 0 Å². The zero-order valence-electron chi connectivity index (χ0n) is 11.3. The van der Waals surface area contributed by atoms with Crippen molar-refractivity contribution < 1.29 is 19.1 Å². The second-order valence-corrected chi connectivity index (χ2v) is 4.70. The molecule has 0 N–H and O–H groups in total. The number of amides is 1. The summed E-state index contributed by atoms with van der Waals surface area (Å²) in [5, 5.41) is 0. The highest BCUT2D eigenvalue weighted by Crippen LogP contribution is 2.32. The quantitative estimate of drug-likeness (QED) is 0.566. The molecule has 2 rings (SSSR count). The molecule has 1 aliphatic heterocycles. The van der Waals surface area contributed by atoms with Gasteiger partial charge in [0.15, 0.2) is 0 Å². The van der Waals surface area contributed by atoms with Gasteiger partial charge in [-0.1, -0.05) is 12.2 Å². The predicted molar refractivity (Wildman–Crippen MR) is 69.5 cm³/mol. The number of rotatable bonds is 2. The molecular weight excluding hydrogens is 246 g/mol. The third-order valence-electron chi connectivity index (χ3n) is 3.66. The summed E-state index contributed by atoms with van der Waals surface area (Å²) in [6.45, 7) is 0.523. The zero-order valence-corrected chi connectivity index (χ0v) is 11.3. The Hall–Kier alpha value is -1.78. The van der Waals surface area contributed by atoms with Crippen LogP contribution in [0.5, 0.6) is 0 Å². The molecule has 0 saturated carbocycles. The van der Waals surface area contributed by atoms with Crippen LogP contribution in [-0.2, 0) is 14.3 Å². The van der Waals surface area contributed by atoms with Gasteiger partial charge >= 0.3 is 12.1 Å². The van der Waals surface area contributed by atoms with Gasteiger partial charge in [0.05, 0.1) is 20.3 Å². The monoisotopic (exact) mass is 265 g/mol. The number of hydrogen-bond donors (Lipinski definition) is 0. The van der Waals surface area contributed by atoms with Crippen LogP contribution in [0.15, 0.2) is 23.3 Å². The summed E-state index contributed by atoms with van der Waals surface area (Å²) in [4.78, 5) is 25.2. The molecule has 0 spiro atoms. The fourth-order valence-electron chi connectivity index (χ4n) is 2.74. The maximum absolute atomic E-state index is 11.8. The lowest BCUT2D eigenvalue weighted by molar-refractivity contribution is -0.136. The fraction of sp³-hybridized carbons (Fsp3) is 0.571. The zero-order chi connectivity index (χ0) is 13.8. The largest absolute Gasteiger partial charge is 0.466 e. The van der Waals surface area contributed by atoms with Gasteiger partial charge in [0, 0.05) is 12.1 Å². The number of methoxy groups -OCH3 is 2. The van der Waals surface area contributed by atoms with E-state index in [1.807, 2.05) is 12.2 Å². The van der Waals surface area contributed by atoms with Crippen molar-refractivity contribution >= 4 is 12.1 Å². The SMILES string of the molecule is COC(=O)C1=C(C2C=CCN2C(=O)OC)CCCC1. The maximum atomic E-state index is 11.8. The van der Waals surface area contributed by atoms with E-state index >= 15 is 0 Å². The second-order valence-electron chi connectivity index (χ2n) is 4.70. The van der Waals surface area contributed by atoms with Gasteiger partial charge in [-0.3, -0.25) is 4.90 Å². The Balaban J connectivity index is 2.30. The van der Waals surface area contributed by atoms with Crippen molar-refractivity contribution in [3.63, 3.8) is 0 Å².